The van der Waals surface area contributed by atoms with Crippen LogP contribution in [0, 0.1) is 0 Å². The van der Waals surface area contributed by atoms with E-state index in [4.69, 9.17) is 4.74 Å². The number of ether oxygens (including phenoxy) is 1. The predicted molar refractivity (Wildman–Crippen MR) is 68.3 cm³/mol. The fourth-order valence-corrected chi connectivity index (χ4v) is 2.03. The molecule has 1 nitrogen and oxygen atoms in total. The van der Waals surface area contributed by atoms with Gasteiger partial charge in [-0.15, -0.1) is 0 Å². The standard InChI is InChI=1S/C14H30O/c1-7-8-9-10-11-12-14(5,6)15-13(2,3)4/h7-12H2,1-6H3. The van der Waals surface area contributed by atoms with Crippen LogP contribution in [0.3, 0.4) is 0 Å². The number of hydrogen-bond acceptors (Lipinski definition) is 1. The van der Waals surface area contributed by atoms with E-state index in [0.717, 1.165) is 0 Å². The van der Waals surface area contributed by atoms with Crippen molar-refractivity contribution in [3.63, 3.8) is 0 Å². The van der Waals surface area contributed by atoms with E-state index in [0.29, 0.717) is 0 Å². The minimum Gasteiger partial charge on any atom is -0.370 e. The topological polar surface area (TPSA) is 9.23 Å². The molecule has 0 atom stereocenters. The summed E-state index contributed by atoms with van der Waals surface area (Å²) < 4.78 is 6.03. The van der Waals surface area contributed by atoms with Crippen LogP contribution >= 0.6 is 0 Å². The van der Waals surface area contributed by atoms with Gasteiger partial charge in [-0.05, 0) is 41.0 Å². The molecule has 0 bridgehead atoms. The van der Waals surface area contributed by atoms with Gasteiger partial charge in [-0.25, -0.2) is 0 Å². The van der Waals surface area contributed by atoms with Crippen molar-refractivity contribution in [3.8, 4) is 0 Å². The Balaban J connectivity index is 3.65. The third kappa shape index (κ3) is 10.2. The highest BCUT2D eigenvalue weighted by Gasteiger charge is 2.24. The van der Waals surface area contributed by atoms with Crippen LogP contribution in [0.4, 0.5) is 0 Å². The van der Waals surface area contributed by atoms with Gasteiger partial charge >= 0.3 is 0 Å². The van der Waals surface area contributed by atoms with Crippen molar-refractivity contribution in [3.05, 3.63) is 0 Å². The normalized spacial score (nSPS) is 13.2. The predicted octanol–water partition coefficient (Wildman–Crippen LogP) is 4.94. The van der Waals surface area contributed by atoms with Gasteiger partial charge < -0.3 is 4.74 Å². The van der Waals surface area contributed by atoms with Crippen molar-refractivity contribution in [2.24, 2.45) is 0 Å². The molecular weight excluding hydrogens is 184 g/mol. The molecule has 0 saturated carbocycles. The van der Waals surface area contributed by atoms with Gasteiger partial charge in [-0.3, -0.25) is 0 Å². The summed E-state index contributed by atoms with van der Waals surface area (Å²) in [6.45, 7) is 13.1. The Hall–Kier alpha value is -0.0400. The Morgan fingerprint density at radius 1 is 0.800 bits per heavy atom. The summed E-state index contributed by atoms with van der Waals surface area (Å²) in [4.78, 5) is 0. The molecule has 15 heavy (non-hydrogen) atoms. The average Bonchev–Trinajstić information content (AvgIpc) is 1.99. The van der Waals surface area contributed by atoms with Crippen LogP contribution in [-0.2, 0) is 4.74 Å². The fraction of sp³-hybridized carbons (Fsp3) is 1.00. The summed E-state index contributed by atoms with van der Waals surface area (Å²) in [5.74, 6) is 0. The third-order valence-electron chi connectivity index (χ3n) is 2.46. The Morgan fingerprint density at radius 2 is 1.33 bits per heavy atom. The SMILES string of the molecule is CCCCCCCC(C)(C)OC(C)(C)C. The Labute approximate surface area is 96.6 Å². The van der Waals surface area contributed by atoms with E-state index in [2.05, 4.69) is 41.5 Å². The Bertz CT molecular complexity index is 153. The van der Waals surface area contributed by atoms with Gasteiger partial charge in [0.25, 0.3) is 0 Å². The fourth-order valence-electron chi connectivity index (χ4n) is 2.03. The summed E-state index contributed by atoms with van der Waals surface area (Å²) in [5, 5.41) is 0. The number of rotatable bonds is 7. The zero-order valence-electron chi connectivity index (χ0n) is 11.7. The number of hydrogen-bond donors (Lipinski definition) is 0. The average molecular weight is 214 g/mol. The van der Waals surface area contributed by atoms with Gasteiger partial charge in [0, 0.05) is 0 Å². The van der Waals surface area contributed by atoms with Gasteiger partial charge in [0.05, 0.1) is 11.2 Å². The van der Waals surface area contributed by atoms with E-state index in [1.807, 2.05) is 0 Å². The van der Waals surface area contributed by atoms with Crippen molar-refractivity contribution in [1.29, 1.82) is 0 Å². The molecule has 0 aliphatic heterocycles. The van der Waals surface area contributed by atoms with Crippen LogP contribution in [0.1, 0.15) is 80.1 Å². The molecule has 0 aliphatic carbocycles. The minimum absolute atomic E-state index is 0.0209. The molecule has 0 aliphatic rings. The molecule has 0 N–H and O–H groups in total. The molecule has 0 fully saturated rings. The molecule has 0 aromatic rings. The maximum absolute atomic E-state index is 6.03. The molecule has 0 heterocycles. The molecule has 0 amide bonds. The third-order valence-corrected chi connectivity index (χ3v) is 2.46. The Kier molecular flexibility index (Phi) is 6.51. The van der Waals surface area contributed by atoms with Gasteiger partial charge in [-0.1, -0.05) is 39.0 Å². The zero-order chi connectivity index (χ0) is 11.9. The van der Waals surface area contributed by atoms with E-state index in [1.165, 1.54) is 38.5 Å². The second-order valence-electron chi connectivity index (χ2n) is 6.14. The highest BCUT2D eigenvalue weighted by Crippen LogP contribution is 2.25. The van der Waals surface area contributed by atoms with Gasteiger partial charge in [0.1, 0.15) is 0 Å². The smallest absolute Gasteiger partial charge is 0.0633 e. The summed E-state index contributed by atoms with van der Waals surface area (Å²) in [7, 11) is 0. The molecule has 0 radical (unpaired) electrons. The van der Waals surface area contributed by atoms with Crippen molar-refractivity contribution < 1.29 is 4.74 Å². The molecule has 0 spiro atoms. The van der Waals surface area contributed by atoms with Crippen molar-refractivity contribution in [1.82, 2.24) is 0 Å². The highest BCUT2D eigenvalue weighted by atomic mass is 16.5. The first-order chi connectivity index (χ1) is 6.77. The molecule has 0 aromatic heterocycles. The monoisotopic (exact) mass is 214 g/mol. The van der Waals surface area contributed by atoms with Crippen LogP contribution in [0.25, 0.3) is 0 Å². The molecule has 0 aromatic carbocycles. The Morgan fingerprint density at radius 3 is 1.80 bits per heavy atom. The first kappa shape index (κ1) is 15.0. The molecule has 0 saturated heterocycles. The summed E-state index contributed by atoms with van der Waals surface area (Å²) in [6.07, 6.45) is 7.90. The van der Waals surface area contributed by atoms with Gasteiger partial charge in [-0.2, -0.15) is 0 Å². The first-order valence-electron chi connectivity index (χ1n) is 6.47. The lowest BCUT2D eigenvalue weighted by Crippen LogP contribution is -2.34. The molecule has 0 unspecified atom stereocenters. The van der Waals surface area contributed by atoms with Crippen LogP contribution < -0.4 is 0 Å². The maximum Gasteiger partial charge on any atom is 0.0633 e. The van der Waals surface area contributed by atoms with Gasteiger partial charge in [0.15, 0.2) is 0 Å². The van der Waals surface area contributed by atoms with E-state index < -0.39 is 0 Å². The van der Waals surface area contributed by atoms with E-state index in [1.54, 1.807) is 0 Å². The summed E-state index contributed by atoms with van der Waals surface area (Å²) >= 11 is 0. The van der Waals surface area contributed by atoms with E-state index in [-0.39, 0.29) is 11.2 Å². The van der Waals surface area contributed by atoms with E-state index in [9.17, 15) is 0 Å². The van der Waals surface area contributed by atoms with Crippen molar-refractivity contribution >= 4 is 0 Å². The van der Waals surface area contributed by atoms with Gasteiger partial charge in [0.2, 0.25) is 0 Å². The molecular formula is C14H30O. The minimum atomic E-state index is -0.0209. The lowest BCUT2D eigenvalue weighted by Gasteiger charge is -2.33. The second-order valence-corrected chi connectivity index (χ2v) is 6.14. The lowest BCUT2D eigenvalue weighted by molar-refractivity contribution is -0.116. The van der Waals surface area contributed by atoms with Crippen molar-refractivity contribution in [2.75, 3.05) is 0 Å². The van der Waals surface area contributed by atoms with Crippen LogP contribution in [0.15, 0.2) is 0 Å². The summed E-state index contributed by atoms with van der Waals surface area (Å²) in [6, 6.07) is 0. The maximum atomic E-state index is 6.03. The molecule has 92 valence electrons. The highest BCUT2D eigenvalue weighted by molar-refractivity contribution is 4.74. The summed E-state index contributed by atoms with van der Waals surface area (Å²) in [5.41, 5.74) is 0.0113. The largest absolute Gasteiger partial charge is 0.370 e. The lowest BCUT2D eigenvalue weighted by atomic mass is 9.98. The second kappa shape index (κ2) is 6.52. The van der Waals surface area contributed by atoms with Crippen molar-refractivity contribution in [2.45, 2.75) is 91.3 Å². The first-order valence-corrected chi connectivity index (χ1v) is 6.47. The quantitative estimate of drug-likeness (QED) is 0.545. The molecule has 0 rings (SSSR count). The van der Waals surface area contributed by atoms with Crippen LogP contribution in [0.2, 0.25) is 0 Å². The van der Waals surface area contributed by atoms with Crippen LogP contribution in [-0.4, -0.2) is 11.2 Å². The zero-order valence-corrected chi connectivity index (χ0v) is 11.7. The molecule has 1 heteroatoms. The number of unbranched alkanes of at least 4 members (excludes halogenated alkanes) is 4. The van der Waals surface area contributed by atoms with E-state index >= 15 is 0 Å². The van der Waals surface area contributed by atoms with Crippen LogP contribution in [0.5, 0.6) is 0 Å².